The minimum atomic E-state index is -0.186. The van der Waals surface area contributed by atoms with Gasteiger partial charge in [0.05, 0.1) is 6.10 Å². The molecule has 1 amide bonds. The molecule has 3 aliphatic heterocycles. The molecule has 0 aromatic heterocycles. The fourth-order valence-electron chi connectivity index (χ4n) is 4.18. The van der Waals surface area contributed by atoms with E-state index >= 15 is 0 Å². The maximum atomic E-state index is 12.2. The highest BCUT2D eigenvalue weighted by Crippen LogP contribution is 2.33. The lowest BCUT2D eigenvalue weighted by atomic mass is 9.91. The molecule has 1 aliphatic carbocycles. The van der Waals surface area contributed by atoms with Gasteiger partial charge in [0.2, 0.25) is 5.91 Å². The van der Waals surface area contributed by atoms with Crippen LogP contribution >= 0.6 is 0 Å². The Morgan fingerprint density at radius 3 is 2.59 bits per heavy atom. The number of likely N-dealkylation sites (tertiary alicyclic amines) is 2. The molecule has 0 radical (unpaired) electrons. The van der Waals surface area contributed by atoms with Gasteiger partial charge in [-0.25, -0.2) is 0 Å². The Hall–Kier alpha value is -0.650. The van der Waals surface area contributed by atoms with Crippen molar-refractivity contribution >= 4 is 5.91 Å². The Kier molecular flexibility index (Phi) is 4.38. The second kappa shape index (κ2) is 6.46. The predicted octanol–water partition coefficient (Wildman–Crippen LogP) is 0.840. The first-order chi connectivity index (χ1) is 10.8. The lowest BCUT2D eigenvalue weighted by Crippen LogP contribution is -2.45. The van der Waals surface area contributed by atoms with Crippen molar-refractivity contribution in [3.63, 3.8) is 0 Å². The van der Waals surface area contributed by atoms with Crippen LogP contribution in [0.5, 0.6) is 0 Å². The molecule has 4 fully saturated rings. The first kappa shape index (κ1) is 14.9. The van der Waals surface area contributed by atoms with Gasteiger partial charge in [0.1, 0.15) is 6.10 Å². The monoisotopic (exact) mass is 307 g/mol. The number of carbonyl (C=O) groups excluding carboxylic acids is 1. The van der Waals surface area contributed by atoms with Gasteiger partial charge in [-0.3, -0.25) is 9.69 Å². The zero-order valence-electron chi connectivity index (χ0n) is 13.5. The minimum absolute atomic E-state index is 0.139. The van der Waals surface area contributed by atoms with E-state index in [1.165, 1.54) is 45.4 Å². The van der Waals surface area contributed by atoms with E-state index in [4.69, 9.17) is 4.74 Å². The van der Waals surface area contributed by atoms with Crippen LogP contribution in [0.25, 0.3) is 0 Å². The Morgan fingerprint density at radius 1 is 1.05 bits per heavy atom. The summed E-state index contributed by atoms with van der Waals surface area (Å²) in [5.74, 6) is 0.735. The predicted molar refractivity (Wildman–Crippen MR) is 84.7 cm³/mol. The summed E-state index contributed by atoms with van der Waals surface area (Å²) in [6.45, 7) is 7.11. The average molecular weight is 307 g/mol. The van der Waals surface area contributed by atoms with Crippen molar-refractivity contribution in [1.29, 1.82) is 0 Å². The molecule has 3 atom stereocenters. The van der Waals surface area contributed by atoms with Crippen LogP contribution in [0, 0.1) is 5.92 Å². The molecule has 5 heteroatoms. The Labute approximate surface area is 133 Å². The summed E-state index contributed by atoms with van der Waals surface area (Å²) in [7, 11) is 0. The normalized spacial score (nSPS) is 36.5. The third-order valence-corrected chi connectivity index (χ3v) is 5.78. The number of piperidine rings is 1. The van der Waals surface area contributed by atoms with Crippen LogP contribution in [-0.4, -0.2) is 73.2 Å². The smallest absolute Gasteiger partial charge is 0.249 e. The summed E-state index contributed by atoms with van der Waals surface area (Å²) in [4.78, 5) is 17.3. The lowest BCUT2D eigenvalue weighted by molar-refractivity contribution is -0.133. The van der Waals surface area contributed by atoms with Crippen molar-refractivity contribution in [3.05, 3.63) is 0 Å². The first-order valence-corrected chi connectivity index (χ1v) is 9.18. The van der Waals surface area contributed by atoms with Gasteiger partial charge in [0.25, 0.3) is 0 Å². The van der Waals surface area contributed by atoms with Gasteiger partial charge in [0, 0.05) is 25.7 Å². The van der Waals surface area contributed by atoms with Crippen molar-refractivity contribution < 1.29 is 9.53 Å². The maximum Gasteiger partial charge on any atom is 0.249 e. The summed E-state index contributed by atoms with van der Waals surface area (Å²) in [5.41, 5.74) is 0. The number of fused-ring (bicyclic) bond motifs is 1. The standard InChI is InChI=1S/C17H29N3O2/c21-17(18-14-3-4-14)15-11-13-5-8-20(12-16(13)22-15)10-9-19-6-1-2-7-19/h13-16H,1-12H2,(H,18,21)/t13-,15-,16-/m0/s1. The molecular weight excluding hydrogens is 278 g/mol. The van der Waals surface area contributed by atoms with Crippen LogP contribution in [0.1, 0.15) is 38.5 Å². The number of rotatable bonds is 5. The first-order valence-electron chi connectivity index (χ1n) is 9.18. The van der Waals surface area contributed by atoms with E-state index < -0.39 is 0 Å². The highest BCUT2D eigenvalue weighted by molar-refractivity contribution is 5.81. The molecule has 1 N–H and O–H groups in total. The number of ether oxygens (including phenoxy) is 1. The van der Waals surface area contributed by atoms with E-state index in [0.29, 0.717) is 12.0 Å². The molecule has 4 aliphatic rings. The zero-order chi connectivity index (χ0) is 14.9. The van der Waals surface area contributed by atoms with Crippen LogP contribution in [0.4, 0.5) is 0 Å². The number of nitrogens with zero attached hydrogens (tertiary/aromatic N) is 2. The fraction of sp³-hybridized carbons (Fsp3) is 0.941. The molecule has 0 aromatic carbocycles. The molecule has 3 heterocycles. The molecular formula is C17H29N3O2. The summed E-state index contributed by atoms with van der Waals surface area (Å²) >= 11 is 0. The van der Waals surface area contributed by atoms with Crippen molar-refractivity contribution in [1.82, 2.24) is 15.1 Å². The summed E-state index contributed by atoms with van der Waals surface area (Å²) in [6, 6.07) is 0.440. The van der Waals surface area contributed by atoms with E-state index in [9.17, 15) is 4.79 Å². The van der Waals surface area contributed by atoms with Gasteiger partial charge in [-0.05, 0) is 64.1 Å². The van der Waals surface area contributed by atoms with Gasteiger partial charge < -0.3 is 15.0 Å². The summed E-state index contributed by atoms with van der Waals surface area (Å²) in [5, 5.41) is 3.09. The molecule has 4 rings (SSSR count). The van der Waals surface area contributed by atoms with Crippen LogP contribution in [0.2, 0.25) is 0 Å². The Morgan fingerprint density at radius 2 is 1.82 bits per heavy atom. The van der Waals surface area contributed by atoms with Crippen LogP contribution in [0.3, 0.4) is 0 Å². The lowest BCUT2D eigenvalue weighted by Gasteiger charge is -2.34. The highest BCUT2D eigenvalue weighted by atomic mass is 16.5. The highest BCUT2D eigenvalue weighted by Gasteiger charge is 2.42. The third-order valence-electron chi connectivity index (χ3n) is 5.78. The summed E-state index contributed by atoms with van der Waals surface area (Å²) in [6.07, 6.45) is 7.25. The molecule has 3 saturated heterocycles. The molecule has 22 heavy (non-hydrogen) atoms. The quantitative estimate of drug-likeness (QED) is 0.817. The number of amides is 1. The number of hydrogen-bond donors (Lipinski definition) is 1. The van der Waals surface area contributed by atoms with Crippen LogP contribution in [0.15, 0.2) is 0 Å². The molecule has 0 unspecified atom stereocenters. The third kappa shape index (κ3) is 3.47. The zero-order valence-corrected chi connectivity index (χ0v) is 13.5. The number of hydrogen-bond acceptors (Lipinski definition) is 4. The minimum Gasteiger partial charge on any atom is -0.364 e. The molecule has 0 spiro atoms. The second-order valence-electron chi connectivity index (χ2n) is 7.58. The van der Waals surface area contributed by atoms with E-state index in [1.54, 1.807) is 0 Å². The van der Waals surface area contributed by atoms with Crippen molar-refractivity contribution in [2.24, 2.45) is 5.92 Å². The molecule has 0 aromatic rings. The van der Waals surface area contributed by atoms with Crippen molar-refractivity contribution in [2.45, 2.75) is 56.8 Å². The van der Waals surface area contributed by atoms with Gasteiger partial charge in [-0.1, -0.05) is 0 Å². The Bertz CT molecular complexity index is 407. The van der Waals surface area contributed by atoms with Gasteiger partial charge >= 0.3 is 0 Å². The topological polar surface area (TPSA) is 44.8 Å². The fourth-order valence-corrected chi connectivity index (χ4v) is 4.18. The van der Waals surface area contributed by atoms with Gasteiger partial charge in [-0.15, -0.1) is 0 Å². The van der Waals surface area contributed by atoms with Crippen LogP contribution < -0.4 is 5.32 Å². The largest absolute Gasteiger partial charge is 0.364 e. The molecule has 1 saturated carbocycles. The van der Waals surface area contributed by atoms with E-state index in [-0.39, 0.29) is 18.1 Å². The van der Waals surface area contributed by atoms with Crippen molar-refractivity contribution in [3.8, 4) is 0 Å². The van der Waals surface area contributed by atoms with E-state index in [1.807, 2.05) is 0 Å². The molecule has 5 nitrogen and oxygen atoms in total. The Balaban J connectivity index is 1.23. The number of carbonyl (C=O) groups is 1. The molecule has 0 bridgehead atoms. The maximum absolute atomic E-state index is 12.2. The second-order valence-corrected chi connectivity index (χ2v) is 7.58. The SMILES string of the molecule is O=C(NC1CC1)[C@@H]1C[C@@H]2CCN(CCN3CCCC3)C[C@@H]2O1. The number of nitrogens with one attached hydrogen (secondary N) is 1. The van der Waals surface area contributed by atoms with Gasteiger partial charge in [-0.2, -0.15) is 0 Å². The van der Waals surface area contributed by atoms with Crippen LogP contribution in [-0.2, 0) is 9.53 Å². The van der Waals surface area contributed by atoms with Gasteiger partial charge in [0.15, 0.2) is 0 Å². The van der Waals surface area contributed by atoms with E-state index in [2.05, 4.69) is 15.1 Å². The average Bonchev–Trinajstić information content (AvgIpc) is 3.04. The van der Waals surface area contributed by atoms with E-state index in [0.717, 1.165) is 32.4 Å². The van der Waals surface area contributed by atoms with Crippen molar-refractivity contribution in [2.75, 3.05) is 39.3 Å². The summed E-state index contributed by atoms with van der Waals surface area (Å²) < 4.78 is 6.09. The molecule has 124 valence electrons.